The lowest BCUT2D eigenvalue weighted by Crippen LogP contribution is -2.38. The standard InChI is InChI=1S/C18H31N3O3/c1-5-19-18(21-12-13-22-4)20-11-10-15-8-9-16(23-6-2)17(14-15)24-7-3/h8-9,14H,5-7,10-13H2,1-4H3,(H2,19,20,21). The lowest BCUT2D eigenvalue weighted by molar-refractivity contribution is 0.208. The first-order valence-corrected chi connectivity index (χ1v) is 8.64. The summed E-state index contributed by atoms with van der Waals surface area (Å²) in [6.45, 7) is 10.1. The Morgan fingerprint density at radius 3 is 2.46 bits per heavy atom. The van der Waals surface area contributed by atoms with Gasteiger partial charge in [-0.25, -0.2) is 0 Å². The van der Waals surface area contributed by atoms with E-state index in [1.165, 1.54) is 5.56 Å². The van der Waals surface area contributed by atoms with Crippen molar-refractivity contribution < 1.29 is 14.2 Å². The number of benzene rings is 1. The van der Waals surface area contributed by atoms with Crippen LogP contribution in [0.2, 0.25) is 0 Å². The average molecular weight is 337 g/mol. The molecule has 0 saturated carbocycles. The molecule has 0 fully saturated rings. The molecule has 1 aromatic carbocycles. The van der Waals surface area contributed by atoms with Crippen LogP contribution in [0.3, 0.4) is 0 Å². The molecular weight excluding hydrogens is 306 g/mol. The summed E-state index contributed by atoms with van der Waals surface area (Å²) >= 11 is 0. The third kappa shape index (κ3) is 7.55. The molecule has 0 aliphatic carbocycles. The van der Waals surface area contributed by atoms with Crippen molar-refractivity contribution in [2.75, 3.05) is 46.6 Å². The van der Waals surface area contributed by atoms with Crippen LogP contribution >= 0.6 is 0 Å². The minimum absolute atomic E-state index is 0.618. The van der Waals surface area contributed by atoms with Crippen molar-refractivity contribution in [3.05, 3.63) is 23.8 Å². The lowest BCUT2D eigenvalue weighted by Gasteiger charge is -2.14. The number of methoxy groups -OCH3 is 1. The summed E-state index contributed by atoms with van der Waals surface area (Å²) < 4.78 is 16.3. The molecule has 0 aliphatic rings. The topological polar surface area (TPSA) is 64.1 Å². The largest absolute Gasteiger partial charge is 0.490 e. The first kappa shape index (κ1) is 20.1. The summed E-state index contributed by atoms with van der Waals surface area (Å²) in [5.74, 6) is 2.41. The van der Waals surface area contributed by atoms with E-state index >= 15 is 0 Å². The van der Waals surface area contributed by atoms with Crippen LogP contribution in [-0.4, -0.2) is 52.5 Å². The Morgan fingerprint density at radius 2 is 1.79 bits per heavy atom. The van der Waals surface area contributed by atoms with Crippen molar-refractivity contribution >= 4 is 5.96 Å². The molecule has 6 nitrogen and oxygen atoms in total. The summed E-state index contributed by atoms with van der Waals surface area (Å²) in [6, 6.07) is 6.09. The normalized spacial score (nSPS) is 11.2. The van der Waals surface area contributed by atoms with E-state index < -0.39 is 0 Å². The van der Waals surface area contributed by atoms with E-state index in [1.54, 1.807) is 7.11 Å². The van der Waals surface area contributed by atoms with Gasteiger partial charge in [-0.05, 0) is 44.9 Å². The molecule has 1 aromatic rings. The van der Waals surface area contributed by atoms with Gasteiger partial charge in [0.25, 0.3) is 0 Å². The molecule has 0 bridgehead atoms. The molecule has 1 rings (SSSR count). The second-order valence-corrected chi connectivity index (χ2v) is 5.08. The molecule has 0 radical (unpaired) electrons. The van der Waals surface area contributed by atoms with Gasteiger partial charge in [0.1, 0.15) is 0 Å². The van der Waals surface area contributed by atoms with Gasteiger partial charge in [-0.1, -0.05) is 6.07 Å². The zero-order chi connectivity index (χ0) is 17.6. The highest BCUT2D eigenvalue weighted by Crippen LogP contribution is 2.28. The summed E-state index contributed by atoms with van der Waals surface area (Å²) in [4.78, 5) is 4.44. The van der Waals surface area contributed by atoms with Crippen LogP contribution in [0, 0.1) is 0 Å². The molecule has 0 atom stereocenters. The predicted molar refractivity (Wildman–Crippen MR) is 98.3 cm³/mol. The maximum absolute atomic E-state index is 5.67. The van der Waals surface area contributed by atoms with Gasteiger partial charge >= 0.3 is 0 Å². The molecule has 6 heteroatoms. The number of aliphatic imine (C=N–C) groups is 1. The Morgan fingerprint density at radius 1 is 1.04 bits per heavy atom. The Balaban J connectivity index is 2.58. The molecule has 24 heavy (non-hydrogen) atoms. The number of guanidine groups is 1. The summed E-state index contributed by atoms with van der Waals surface area (Å²) in [6.07, 6.45) is 0.876. The van der Waals surface area contributed by atoms with Gasteiger partial charge in [-0.2, -0.15) is 0 Å². The van der Waals surface area contributed by atoms with E-state index in [0.29, 0.717) is 26.4 Å². The predicted octanol–water partition coefficient (Wildman–Crippen LogP) is 2.23. The third-order valence-electron chi connectivity index (χ3n) is 3.22. The van der Waals surface area contributed by atoms with E-state index in [2.05, 4.69) is 21.7 Å². The van der Waals surface area contributed by atoms with Gasteiger partial charge in [0, 0.05) is 20.2 Å². The Hall–Kier alpha value is -1.95. The molecule has 0 aromatic heterocycles. The zero-order valence-corrected chi connectivity index (χ0v) is 15.4. The molecule has 2 N–H and O–H groups in total. The first-order chi connectivity index (χ1) is 11.7. The summed E-state index contributed by atoms with van der Waals surface area (Å²) in [7, 11) is 1.68. The zero-order valence-electron chi connectivity index (χ0n) is 15.4. The van der Waals surface area contributed by atoms with Gasteiger partial charge in [0.2, 0.25) is 0 Å². The Labute approximate surface area is 145 Å². The molecule has 0 saturated heterocycles. The smallest absolute Gasteiger partial charge is 0.191 e. The Kier molecular flexibility index (Phi) is 10.4. The molecule has 0 amide bonds. The molecule has 0 heterocycles. The van der Waals surface area contributed by atoms with Crippen LogP contribution in [0.5, 0.6) is 11.5 Å². The summed E-state index contributed by atoms with van der Waals surface area (Å²) in [5, 5.41) is 6.55. The molecule has 0 spiro atoms. The van der Waals surface area contributed by atoms with Crippen LogP contribution in [-0.2, 0) is 11.2 Å². The number of hydrogen-bond donors (Lipinski definition) is 2. The minimum Gasteiger partial charge on any atom is -0.490 e. The molecular formula is C18H31N3O3. The average Bonchev–Trinajstić information content (AvgIpc) is 2.58. The van der Waals surface area contributed by atoms with Crippen LogP contribution in [0.25, 0.3) is 0 Å². The minimum atomic E-state index is 0.618. The fourth-order valence-corrected chi connectivity index (χ4v) is 2.17. The second-order valence-electron chi connectivity index (χ2n) is 5.08. The van der Waals surface area contributed by atoms with Gasteiger partial charge in [-0.15, -0.1) is 0 Å². The third-order valence-corrected chi connectivity index (χ3v) is 3.22. The quantitative estimate of drug-likeness (QED) is 0.368. The van der Waals surface area contributed by atoms with Crippen molar-refractivity contribution in [2.24, 2.45) is 4.99 Å². The van der Waals surface area contributed by atoms with Crippen LogP contribution < -0.4 is 20.1 Å². The Bertz CT molecular complexity index is 492. The van der Waals surface area contributed by atoms with Gasteiger partial charge in [-0.3, -0.25) is 4.99 Å². The fraction of sp³-hybridized carbons (Fsp3) is 0.611. The van der Waals surface area contributed by atoms with E-state index in [4.69, 9.17) is 14.2 Å². The summed E-state index contributed by atoms with van der Waals surface area (Å²) in [5.41, 5.74) is 1.20. The van der Waals surface area contributed by atoms with Crippen molar-refractivity contribution in [1.82, 2.24) is 10.6 Å². The maximum Gasteiger partial charge on any atom is 0.191 e. The van der Waals surface area contributed by atoms with Crippen LogP contribution in [0.15, 0.2) is 23.2 Å². The molecule has 136 valence electrons. The van der Waals surface area contributed by atoms with Gasteiger partial charge in [0.05, 0.1) is 26.4 Å². The number of rotatable bonds is 11. The van der Waals surface area contributed by atoms with Crippen molar-refractivity contribution in [2.45, 2.75) is 27.2 Å². The lowest BCUT2D eigenvalue weighted by atomic mass is 10.1. The van der Waals surface area contributed by atoms with E-state index in [1.807, 2.05) is 32.9 Å². The van der Waals surface area contributed by atoms with E-state index in [0.717, 1.165) is 37.0 Å². The maximum atomic E-state index is 5.67. The highest BCUT2D eigenvalue weighted by Gasteiger charge is 2.06. The first-order valence-electron chi connectivity index (χ1n) is 8.64. The molecule has 0 aliphatic heterocycles. The van der Waals surface area contributed by atoms with Gasteiger partial charge < -0.3 is 24.8 Å². The SMILES string of the molecule is CCNC(=NCCOC)NCCc1ccc(OCC)c(OCC)c1. The van der Waals surface area contributed by atoms with Crippen molar-refractivity contribution in [1.29, 1.82) is 0 Å². The van der Waals surface area contributed by atoms with E-state index in [9.17, 15) is 0 Å². The molecule has 0 unspecified atom stereocenters. The van der Waals surface area contributed by atoms with Crippen LogP contribution in [0.1, 0.15) is 26.3 Å². The van der Waals surface area contributed by atoms with Crippen molar-refractivity contribution in [3.8, 4) is 11.5 Å². The number of nitrogens with one attached hydrogen (secondary N) is 2. The van der Waals surface area contributed by atoms with Gasteiger partial charge in [0.15, 0.2) is 17.5 Å². The number of ether oxygens (including phenoxy) is 3. The highest BCUT2D eigenvalue weighted by atomic mass is 16.5. The fourth-order valence-electron chi connectivity index (χ4n) is 2.17. The monoisotopic (exact) mass is 337 g/mol. The number of nitrogens with zero attached hydrogens (tertiary/aromatic N) is 1. The highest BCUT2D eigenvalue weighted by molar-refractivity contribution is 5.79. The second kappa shape index (κ2) is 12.5. The van der Waals surface area contributed by atoms with Crippen molar-refractivity contribution in [3.63, 3.8) is 0 Å². The number of hydrogen-bond acceptors (Lipinski definition) is 4. The van der Waals surface area contributed by atoms with Crippen LogP contribution in [0.4, 0.5) is 0 Å². The van der Waals surface area contributed by atoms with E-state index in [-0.39, 0.29) is 0 Å².